The normalized spacial score (nSPS) is 9.76. The summed E-state index contributed by atoms with van der Waals surface area (Å²) in [5, 5.41) is 0. The van der Waals surface area contributed by atoms with Gasteiger partial charge in [0.2, 0.25) is 0 Å². The van der Waals surface area contributed by atoms with E-state index in [1.54, 1.807) is 0 Å². The predicted octanol–water partition coefficient (Wildman–Crippen LogP) is 4.64. The Balaban J connectivity index is 0.000000437. The summed E-state index contributed by atoms with van der Waals surface area (Å²) in [6.45, 7) is 0. The molecule has 2 radical (unpaired) electrons. The first-order valence-electron chi connectivity index (χ1n) is 5.73. The summed E-state index contributed by atoms with van der Waals surface area (Å²) in [4.78, 5) is 4.59. The molecule has 86 valence electrons. The SMILES string of the molecule is C(=Cc1ccccc1)c1ccccc1.[CH3][Sn][CH3]. The van der Waals surface area contributed by atoms with Crippen molar-refractivity contribution in [3.63, 3.8) is 0 Å². The van der Waals surface area contributed by atoms with Crippen molar-refractivity contribution < 1.29 is 0 Å². The van der Waals surface area contributed by atoms with Crippen LogP contribution in [0.4, 0.5) is 0 Å². The maximum absolute atomic E-state index is 2.30. The molecule has 0 bridgehead atoms. The molecule has 0 spiro atoms. The van der Waals surface area contributed by atoms with E-state index in [-0.39, 0.29) is 21.1 Å². The molecule has 1 heteroatoms. The van der Waals surface area contributed by atoms with Crippen LogP contribution in [0.25, 0.3) is 12.2 Å². The van der Waals surface area contributed by atoms with Crippen molar-refractivity contribution in [1.82, 2.24) is 0 Å². The fraction of sp³-hybridized carbons (Fsp3) is 0.125. The Hall–Kier alpha value is -1.02. The van der Waals surface area contributed by atoms with Gasteiger partial charge in [-0.2, -0.15) is 0 Å². The van der Waals surface area contributed by atoms with Crippen LogP contribution in [0.5, 0.6) is 0 Å². The molecule has 0 aliphatic carbocycles. The van der Waals surface area contributed by atoms with Crippen molar-refractivity contribution in [3.05, 3.63) is 71.8 Å². The molecule has 0 fully saturated rings. The number of hydrogen-bond donors (Lipinski definition) is 0. The van der Waals surface area contributed by atoms with Gasteiger partial charge in [0.25, 0.3) is 0 Å². The molecule has 2 aromatic carbocycles. The van der Waals surface area contributed by atoms with Crippen LogP contribution < -0.4 is 0 Å². The second kappa shape index (κ2) is 9.06. The first kappa shape index (κ1) is 14.0. The van der Waals surface area contributed by atoms with E-state index >= 15 is 0 Å². The fourth-order valence-corrected chi connectivity index (χ4v) is 1.32. The summed E-state index contributed by atoms with van der Waals surface area (Å²) < 4.78 is 0. The number of rotatable bonds is 2. The molecular weight excluding hydrogens is 311 g/mol. The van der Waals surface area contributed by atoms with Gasteiger partial charge in [0, 0.05) is 0 Å². The van der Waals surface area contributed by atoms with Gasteiger partial charge in [0.05, 0.1) is 0 Å². The molecule has 0 unspecified atom stereocenters. The molecule has 0 atom stereocenters. The van der Waals surface area contributed by atoms with Crippen molar-refractivity contribution in [1.29, 1.82) is 0 Å². The van der Waals surface area contributed by atoms with Gasteiger partial charge in [-0.3, -0.25) is 0 Å². The molecule has 2 rings (SSSR count). The predicted molar refractivity (Wildman–Crippen MR) is 79.3 cm³/mol. The van der Waals surface area contributed by atoms with Crippen LogP contribution in [0.15, 0.2) is 60.7 Å². The van der Waals surface area contributed by atoms with Crippen LogP contribution >= 0.6 is 0 Å². The van der Waals surface area contributed by atoms with Crippen LogP contribution in [0.3, 0.4) is 0 Å². The molecule has 0 aliphatic rings. The summed E-state index contributed by atoms with van der Waals surface area (Å²) in [5.74, 6) is 0. The molecule has 0 aromatic heterocycles. The van der Waals surface area contributed by atoms with E-state index < -0.39 is 0 Å². The van der Waals surface area contributed by atoms with Crippen LogP contribution in [0.2, 0.25) is 9.88 Å². The molecular formula is C16H18Sn. The Bertz CT molecular complexity index is 376. The van der Waals surface area contributed by atoms with Crippen LogP contribution in [0.1, 0.15) is 11.1 Å². The average molecular weight is 329 g/mol. The first-order valence-corrected chi connectivity index (χ1v) is 11.4. The van der Waals surface area contributed by atoms with Crippen molar-refractivity contribution in [2.24, 2.45) is 0 Å². The minimum absolute atomic E-state index is 0.230. The Morgan fingerprint density at radius 3 is 1.24 bits per heavy atom. The second-order valence-electron chi connectivity index (χ2n) is 3.65. The Morgan fingerprint density at radius 1 is 0.647 bits per heavy atom. The topological polar surface area (TPSA) is 0 Å². The minimum atomic E-state index is 0.230. The van der Waals surface area contributed by atoms with Crippen molar-refractivity contribution in [2.75, 3.05) is 0 Å². The summed E-state index contributed by atoms with van der Waals surface area (Å²) in [6.07, 6.45) is 4.24. The summed E-state index contributed by atoms with van der Waals surface area (Å²) in [5.41, 5.74) is 2.47. The van der Waals surface area contributed by atoms with E-state index in [1.165, 1.54) is 11.1 Å². The molecule has 0 nitrogen and oxygen atoms in total. The van der Waals surface area contributed by atoms with Crippen LogP contribution in [0, 0.1) is 0 Å². The van der Waals surface area contributed by atoms with Crippen molar-refractivity contribution >= 4 is 33.3 Å². The average Bonchev–Trinajstić information content (AvgIpc) is 2.40. The van der Waals surface area contributed by atoms with Gasteiger partial charge in [0.15, 0.2) is 0 Å². The third-order valence-electron chi connectivity index (χ3n) is 2.07. The monoisotopic (exact) mass is 330 g/mol. The van der Waals surface area contributed by atoms with Crippen LogP contribution in [-0.2, 0) is 0 Å². The Labute approximate surface area is 115 Å². The van der Waals surface area contributed by atoms with Gasteiger partial charge in [0.1, 0.15) is 0 Å². The van der Waals surface area contributed by atoms with Gasteiger partial charge < -0.3 is 0 Å². The molecule has 2 aromatic rings. The summed E-state index contributed by atoms with van der Waals surface area (Å²) in [6, 6.07) is 20.6. The molecule has 0 N–H and O–H groups in total. The fourth-order valence-electron chi connectivity index (χ4n) is 1.32. The Morgan fingerprint density at radius 2 is 0.941 bits per heavy atom. The Kier molecular flexibility index (Phi) is 7.48. The van der Waals surface area contributed by atoms with Gasteiger partial charge in [-0.25, -0.2) is 0 Å². The molecule has 0 saturated carbocycles. The molecule has 0 aliphatic heterocycles. The third kappa shape index (κ3) is 6.32. The molecule has 0 heterocycles. The van der Waals surface area contributed by atoms with E-state index in [1.807, 2.05) is 36.4 Å². The first-order chi connectivity index (χ1) is 8.36. The van der Waals surface area contributed by atoms with Gasteiger partial charge in [-0.15, -0.1) is 0 Å². The third-order valence-corrected chi connectivity index (χ3v) is 2.07. The number of hydrogen-bond acceptors (Lipinski definition) is 0. The summed E-state index contributed by atoms with van der Waals surface area (Å²) in [7, 11) is 0. The molecule has 0 amide bonds. The van der Waals surface area contributed by atoms with E-state index in [2.05, 4.69) is 46.3 Å². The second-order valence-corrected chi connectivity index (χ2v) is 6.51. The van der Waals surface area contributed by atoms with Crippen molar-refractivity contribution in [2.45, 2.75) is 9.88 Å². The zero-order valence-electron chi connectivity index (χ0n) is 10.4. The van der Waals surface area contributed by atoms with E-state index in [4.69, 9.17) is 0 Å². The maximum atomic E-state index is 2.30. The zero-order valence-corrected chi connectivity index (χ0v) is 13.3. The van der Waals surface area contributed by atoms with Gasteiger partial charge in [-0.1, -0.05) is 72.8 Å². The zero-order chi connectivity index (χ0) is 12.3. The number of benzene rings is 2. The van der Waals surface area contributed by atoms with E-state index in [0.29, 0.717) is 0 Å². The van der Waals surface area contributed by atoms with Crippen LogP contribution in [-0.4, -0.2) is 21.1 Å². The standard InChI is InChI=1S/C14H12.2CH3.Sn/c1-3-7-13(8-4-1)11-12-14-9-5-2-6-10-14;;;/h1-12H;2*1H3;. The van der Waals surface area contributed by atoms with Gasteiger partial charge >= 0.3 is 31.0 Å². The van der Waals surface area contributed by atoms with Crippen molar-refractivity contribution in [3.8, 4) is 0 Å². The van der Waals surface area contributed by atoms with Gasteiger partial charge in [-0.05, 0) is 11.1 Å². The quantitative estimate of drug-likeness (QED) is 0.556. The van der Waals surface area contributed by atoms with E-state index in [9.17, 15) is 0 Å². The van der Waals surface area contributed by atoms with E-state index in [0.717, 1.165) is 0 Å². The molecule has 17 heavy (non-hydrogen) atoms. The summed E-state index contributed by atoms with van der Waals surface area (Å²) >= 11 is 0.230. The molecule has 0 saturated heterocycles.